The first kappa shape index (κ1) is 13.2. The molecule has 0 atom stereocenters. The van der Waals surface area contributed by atoms with Crippen molar-refractivity contribution < 1.29 is 4.74 Å². The molecule has 0 spiro atoms. The van der Waals surface area contributed by atoms with Crippen LogP contribution in [0.25, 0.3) is 21.5 Å². The predicted molar refractivity (Wildman–Crippen MR) is 93.0 cm³/mol. The van der Waals surface area contributed by atoms with Gasteiger partial charge in [0.05, 0.1) is 5.02 Å². The Morgan fingerprint density at radius 1 is 0.636 bits per heavy atom. The van der Waals surface area contributed by atoms with Crippen LogP contribution in [0, 0.1) is 0 Å². The van der Waals surface area contributed by atoms with Gasteiger partial charge in [0, 0.05) is 5.39 Å². The van der Waals surface area contributed by atoms with Crippen LogP contribution in [-0.2, 0) is 0 Å². The van der Waals surface area contributed by atoms with Gasteiger partial charge in [0.2, 0.25) is 0 Å². The molecule has 1 nitrogen and oxygen atoms in total. The summed E-state index contributed by atoms with van der Waals surface area (Å²) in [4.78, 5) is 0. The van der Waals surface area contributed by atoms with Crippen molar-refractivity contribution in [2.24, 2.45) is 0 Å². The summed E-state index contributed by atoms with van der Waals surface area (Å²) >= 11 is 6.48. The molecule has 0 aliphatic carbocycles. The summed E-state index contributed by atoms with van der Waals surface area (Å²) < 4.78 is 5.99. The first-order valence-electron chi connectivity index (χ1n) is 7.15. The van der Waals surface area contributed by atoms with Gasteiger partial charge in [-0.05, 0) is 34.4 Å². The smallest absolute Gasteiger partial charge is 0.146 e. The summed E-state index contributed by atoms with van der Waals surface area (Å²) in [6, 6.07) is 26.2. The minimum Gasteiger partial charge on any atom is -0.456 e. The molecular formula is C20H13ClO. The van der Waals surface area contributed by atoms with Gasteiger partial charge in [-0.15, -0.1) is 0 Å². The van der Waals surface area contributed by atoms with E-state index in [1.165, 1.54) is 5.39 Å². The molecule has 106 valence electrons. The molecule has 4 aromatic rings. The van der Waals surface area contributed by atoms with Crippen LogP contribution in [0.15, 0.2) is 78.9 Å². The summed E-state index contributed by atoms with van der Waals surface area (Å²) in [6.07, 6.45) is 0. The Bertz CT molecular complexity index is 975. The molecule has 0 unspecified atom stereocenters. The van der Waals surface area contributed by atoms with Crippen molar-refractivity contribution in [3.63, 3.8) is 0 Å². The summed E-state index contributed by atoms with van der Waals surface area (Å²) in [6.45, 7) is 0. The zero-order chi connectivity index (χ0) is 14.9. The van der Waals surface area contributed by atoms with E-state index in [0.29, 0.717) is 10.8 Å². The van der Waals surface area contributed by atoms with E-state index >= 15 is 0 Å². The second-order valence-electron chi connectivity index (χ2n) is 5.21. The van der Waals surface area contributed by atoms with Gasteiger partial charge in [0.15, 0.2) is 0 Å². The Morgan fingerprint density at radius 3 is 2.18 bits per heavy atom. The second kappa shape index (κ2) is 5.36. The first-order valence-corrected chi connectivity index (χ1v) is 7.53. The zero-order valence-corrected chi connectivity index (χ0v) is 12.5. The van der Waals surface area contributed by atoms with Crippen molar-refractivity contribution in [2.45, 2.75) is 0 Å². The normalized spacial score (nSPS) is 11.0. The molecule has 0 amide bonds. The average molecular weight is 305 g/mol. The molecule has 0 N–H and O–H groups in total. The van der Waals surface area contributed by atoms with Crippen molar-refractivity contribution in [2.75, 3.05) is 0 Å². The highest BCUT2D eigenvalue weighted by molar-refractivity contribution is 6.37. The van der Waals surface area contributed by atoms with Gasteiger partial charge < -0.3 is 4.74 Å². The lowest BCUT2D eigenvalue weighted by molar-refractivity contribution is 0.484. The van der Waals surface area contributed by atoms with E-state index in [1.807, 2.05) is 60.7 Å². The number of halogens is 1. The molecule has 0 bridgehead atoms. The molecule has 0 aliphatic heterocycles. The molecular weight excluding hydrogens is 292 g/mol. The number of benzene rings is 4. The molecule has 0 saturated carbocycles. The monoisotopic (exact) mass is 304 g/mol. The molecule has 4 rings (SSSR count). The van der Waals surface area contributed by atoms with Gasteiger partial charge in [-0.2, -0.15) is 0 Å². The summed E-state index contributed by atoms with van der Waals surface area (Å²) in [5, 5.41) is 5.10. The van der Waals surface area contributed by atoms with Crippen LogP contribution in [0.3, 0.4) is 0 Å². The number of fused-ring (bicyclic) bond motifs is 2. The maximum atomic E-state index is 6.48. The molecule has 0 aliphatic rings. The number of hydrogen-bond donors (Lipinski definition) is 0. The van der Waals surface area contributed by atoms with Crippen molar-refractivity contribution >= 4 is 33.1 Å². The van der Waals surface area contributed by atoms with Gasteiger partial charge >= 0.3 is 0 Å². The molecule has 0 fully saturated rings. The highest BCUT2D eigenvalue weighted by Gasteiger charge is 2.07. The summed E-state index contributed by atoms with van der Waals surface area (Å²) in [5.74, 6) is 1.46. The van der Waals surface area contributed by atoms with E-state index < -0.39 is 0 Å². The fourth-order valence-electron chi connectivity index (χ4n) is 2.65. The Hall–Kier alpha value is -2.51. The first-order chi connectivity index (χ1) is 10.8. The topological polar surface area (TPSA) is 9.23 Å². The van der Waals surface area contributed by atoms with E-state index in [-0.39, 0.29) is 0 Å². The van der Waals surface area contributed by atoms with Crippen molar-refractivity contribution in [1.82, 2.24) is 0 Å². The van der Waals surface area contributed by atoms with E-state index in [2.05, 4.69) is 18.2 Å². The maximum Gasteiger partial charge on any atom is 0.146 e. The van der Waals surface area contributed by atoms with Crippen LogP contribution in [0.5, 0.6) is 11.5 Å². The molecule has 4 aromatic carbocycles. The third-order valence-corrected chi connectivity index (χ3v) is 4.17. The molecule has 0 saturated heterocycles. The molecule has 2 heteroatoms. The Balaban J connectivity index is 1.77. The quantitative estimate of drug-likeness (QED) is 0.414. The van der Waals surface area contributed by atoms with Crippen molar-refractivity contribution in [1.29, 1.82) is 0 Å². The largest absolute Gasteiger partial charge is 0.456 e. The summed E-state index contributed by atoms with van der Waals surface area (Å²) in [7, 11) is 0. The van der Waals surface area contributed by atoms with E-state index in [9.17, 15) is 0 Å². The van der Waals surface area contributed by atoms with E-state index in [1.54, 1.807) is 0 Å². The predicted octanol–water partition coefficient (Wildman–Crippen LogP) is 6.44. The van der Waals surface area contributed by atoms with Crippen LogP contribution in [-0.4, -0.2) is 0 Å². The minimum atomic E-state index is 0.645. The second-order valence-corrected chi connectivity index (χ2v) is 5.59. The van der Waals surface area contributed by atoms with Crippen LogP contribution in [0.1, 0.15) is 0 Å². The Kier molecular flexibility index (Phi) is 3.21. The highest BCUT2D eigenvalue weighted by atomic mass is 35.5. The van der Waals surface area contributed by atoms with E-state index in [4.69, 9.17) is 16.3 Å². The van der Waals surface area contributed by atoms with Gasteiger partial charge in [0.25, 0.3) is 0 Å². The molecule has 22 heavy (non-hydrogen) atoms. The average Bonchev–Trinajstić information content (AvgIpc) is 2.57. The number of ether oxygens (including phenoxy) is 1. The third-order valence-electron chi connectivity index (χ3n) is 3.78. The fraction of sp³-hybridized carbons (Fsp3) is 0. The third kappa shape index (κ3) is 2.30. The maximum absolute atomic E-state index is 6.48. The lowest BCUT2D eigenvalue weighted by Gasteiger charge is -2.10. The Morgan fingerprint density at radius 2 is 1.32 bits per heavy atom. The van der Waals surface area contributed by atoms with Gasteiger partial charge in [-0.25, -0.2) is 0 Å². The lowest BCUT2D eigenvalue weighted by Crippen LogP contribution is -1.86. The van der Waals surface area contributed by atoms with E-state index in [0.717, 1.165) is 21.9 Å². The van der Waals surface area contributed by atoms with Crippen LogP contribution in [0.2, 0.25) is 5.02 Å². The molecule has 0 heterocycles. The highest BCUT2D eigenvalue weighted by Crippen LogP contribution is 2.36. The van der Waals surface area contributed by atoms with Crippen LogP contribution < -0.4 is 4.74 Å². The van der Waals surface area contributed by atoms with Gasteiger partial charge in [-0.1, -0.05) is 72.3 Å². The lowest BCUT2D eigenvalue weighted by atomic mass is 10.1. The zero-order valence-electron chi connectivity index (χ0n) is 11.8. The SMILES string of the molecule is Clc1c(Oc2ccc3ccccc3c2)ccc2ccccc12. The van der Waals surface area contributed by atoms with Crippen molar-refractivity contribution in [3.8, 4) is 11.5 Å². The van der Waals surface area contributed by atoms with Crippen LogP contribution >= 0.6 is 11.6 Å². The number of rotatable bonds is 2. The summed E-state index contributed by atoms with van der Waals surface area (Å²) in [5.41, 5.74) is 0. The van der Waals surface area contributed by atoms with Crippen LogP contribution in [0.4, 0.5) is 0 Å². The molecule has 0 aromatic heterocycles. The fourth-order valence-corrected chi connectivity index (χ4v) is 2.92. The van der Waals surface area contributed by atoms with Crippen molar-refractivity contribution in [3.05, 3.63) is 83.9 Å². The van der Waals surface area contributed by atoms with Gasteiger partial charge in [-0.3, -0.25) is 0 Å². The standard InChI is InChI=1S/C20H13ClO/c21-20-18-8-4-3-6-15(18)10-12-19(20)22-17-11-9-14-5-1-2-7-16(14)13-17/h1-13H. The number of hydrogen-bond acceptors (Lipinski definition) is 1. The Labute approximate surface area is 133 Å². The minimum absolute atomic E-state index is 0.645. The van der Waals surface area contributed by atoms with Gasteiger partial charge in [0.1, 0.15) is 11.5 Å². The molecule has 0 radical (unpaired) electrons.